The third kappa shape index (κ3) is 4.49. The van der Waals surface area contributed by atoms with Crippen molar-refractivity contribution in [3.8, 4) is 0 Å². The second kappa shape index (κ2) is 6.48. The summed E-state index contributed by atoms with van der Waals surface area (Å²) in [6, 6.07) is 3.46. The minimum atomic E-state index is -3.90. The number of nitrogens with zero attached hydrogens (tertiary/aromatic N) is 1. The summed E-state index contributed by atoms with van der Waals surface area (Å²) >= 11 is 0. The van der Waals surface area contributed by atoms with Crippen molar-refractivity contribution >= 4 is 21.4 Å². The molecule has 0 fully saturated rings. The molecule has 0 radical (unpaired) electrons. The highest BCUT2D eigenvalue weighted by Crippen LogP contribution is 2.25. The van der Waals surface area contributed by atoms with Crippen molar-refractivity contribution in [2.75, 3.05) is 11.9 Å². The molecule has 0 spiro atoms. The molecular formula is C11H17N3O4S. The number of nitrogens with one attached hydrogen (secondary N) is 1. The van der Waals surface area contributed by atoms with E-state index in [4.69, 9.17) is 5.14 Å². The molecule has 19 heavy (non-hydrogen) atoms. The minimum Gasteiger partial charge on any atom is -0.384 e. The summed E-state index contributed by atoms with van der Waals surface area (Å²) in [4.78, 5) is 9.98. The van der Waals surface area contributed by atoms with Gasteiger partial charge in [-0.3, -0.25) is 10.1 Å². The lowest BCUT2D eigenvalue weighted by Gasteiger charge is -2.10. The second-order valence-corrected chi connectivity index (χ2v) is 5.65. The summed E-state index contributed by atoms with van der Waals surface area (Å²) < 4.78 is 22.8. The van der Waals surface area contributed by atoms with E-state index in [-0.39, 0.29) is 16.3 Å². The van der Waals surface area contributed by atoms with E-state index in [0.29, 0.717) is 6.54 Å². The summed E-state index contributed by atoms with van der Waals surface area (Å²) in [6.45, 7) is 2.58. The number of sulfonamides is 1. The van der Waals surface area contributed by atoms with Gasteiger partial charge in [0.25, 0.3) is 5.69 Å². The van der Waals surface area contributed by atoms with Gasteiger partial charge < -0.3 is 5.32 Å². The number of unbranched alkanes of at least 4 members (excludes halogenated alkanes) is 2. The zero-order valence-electron chi connectivity index (χ0n) is 10.6. The average Bonchev–Trinajstić information content (AvgIpc) is 2.33. The molecule has 0 unspecified atom stereocenters. The molecular weight excluding hydrogens is 270 g/mol. The maximum absolute atomic E-state index is 11.4. The van der Waals surface area contributed by atoms with Gasteiger partial charge in [0.05, 0.1) is 10.6 Å². The van der Waals surface area contributed by atoms with E-state index in [2.05, 4.69) is 5.32 Å². The molecule has 1 aromatic rings. The van der Waals surface area contributed by atoms with E-state index < -0.39 is 14.9 Å². The van der Waals surface area contributed by atoms with Crippen LogP contribution in [0.5, 0.6) is 0 Å². The Morgan fingerprint density at radius 2 is 2.05 bits per heavy atom. The van der Waals surface area contributed by atoms with Gasteiger partial charge in [0.2, 0.25) is 10.0 Å². The normalized spacial score (nSPS) is 11.3. The number of nitro benzene ring substituents is 1. The summed E-state index contributed by atoms with van der Waals surface area (Å²) in [5.74, 6) is 0. The van der Waals surface area contributed by atoms with Crippen molar-refractivity contribution in [3.63, 3.8) is 0 Å². The number of hydrogen-bond acceptors (Lipinski definition) is 5. The molecule has 1 aromatic carbocycles. The molecule has 7 nitrogen and oxygen atoms in total. The number of nitrogens with two attached hydrogens (primary N) is 1. The lowest BCUT2D eigenvalue weighted by Crippen LogP contribution is -2.15. The van der Waals surface area contributed by atoms with E-state index in [1.54, 1.807) is 0 Å². The van der Waals surface area contributed by atoms with Crippen LogP contribution in [0.15, 0.2) is 23.1 Å². The highest BCUT2D eigenvalue weighted by molar-refractivity contribution is 7.89. The van der Waals surface area contributed by atoms with Crippen LogP contribution in [0.3, 0.4) is 0 Å². The molecule has 0 aliphatic rings. The fourth-order valence-corrected chi connectivity index (χ4v) is 2.31. The maximum atomic E-state index is 11.4. The molecule has 0 heterocycles. The van der Waals surface area contributed by atoms with E-state index in [1.807, 2.05) is 6.92 Å². The SMILES string of the molecule is CCCCCNc1cc([N+](=O)[O-])ccc1S(N)(=O)=O. The van der Waals surface area contributed by atoms with Gasteiger partial charge in [-0.2, -0.15) is 0 Å². The van der Waals surface area contributed by atoms with Crippen molar-refractivity contribution in [1.82, 2.24) is 0 Å². The predicted octanol–water partition coefficient (Wildman–Crippen LogP) is 1.84. The molecule has 0 bridgehead atoms. The first-order valence-electron chi connectivity index (χ1n) is 5.91. The Morgan fingerprint density at radius 1 is 1.37 bits per heavy atom. The van der Waals surface area contributed by atoms with Crippen molar-refractivity contribution < 1.29 is 13.3 Å². The number of benzene rings is 1. The summed E-state index contributed by atoms with van der Waals surface area (Å²) in [5, 5.41) is 18.7. The number of nitro groups is 1. The van der Waals surface area contributed by atoms with Crippen molar-refractivity contribution in [2.45, 2.75) is 31.1 Å². The average molecular weight is 287 g/mol. The van der Waals surface area contributed by atoms with Crippen LogP contribution in [-0.4, -0.2) is 19.9 Å². The lowest BCUT2D eigenvalue weighted by molar-refractivity contribution is -0.384. The second-order valence-electron chi connectivity index (χ2n) is 4.12. The van der Waals surface area contributed by atoms with Gasteiger partial charge in [0.1, 0.15) is 4.90 Å². The quantitative estimate of drug-likeness (QED) is 0.451. The van der Waals surface area contributed by atoms with Gasteiger partial charge in [-0.15, -0.1) is 0 Å². The zero-order chi connectivity index (χ0) is 14.5. The summed E-state index contributed by atoms with van der Waals surface area (Å²) in [7, 11) is -3.90. The van der Waals surface area contributed by atoms with Gasteiger partial charge in [-0.1, -0.05) is 19.8 Å². The van der Waals surface area contributed by atoms with Crippen LogP contribution >= 0.6 is 0 Å². The molecule has 0 saturated carbocycles. The van der Waals surface area contributed by atoms with Crippen LogP contribution in [0.1, 0.15) is 26.2 Å². The Labute approximate surface area is 112 Å². The molecule has 3 N–H and O–H groups in total. The van der Waals surface area contributed by atoms with Crippen LogP contribution in [0.25, 0.3) is 0 Å². The summed E-state index contributed by atoms with van der Waals surface area (Å²) in [6.07, 6.45) is 2.87. The molecule has 0 aliphatic carbocycles. The Balaban J connectivity index is 3.01. The smallest absolute Gasteiger partial charge is 0.271 e. The summed E-state index contributed by atoms with van der Waals surface area (Å²) in [5.41, 5.74) is -0.00167. The number of hydrogen-bond donors (Lipinski definition) is 2. The third-order valence-electron chi connectivity index (χ3n) is 2.58. The first kappa shape index (κ1) is 15.4. The molecule has 0 atom stereocenters. The molecule has 0 saturated heterocycles. The van der Waals surface area contributed by atoms with Crippen LogP contribution in [0.4, 0.5) is 11.4 Å². The monoisotopic (exact) mass is 287 g/mol. The molecule has 0 amide bonds. The van der Waals surface area contributed by atoms with Crippen LogP contribution < -0.4 is 10.5 Å². The molecule has 106 valence electrons. The van der Waals surface area contributed by atoms with Gasteiger partial charge in [0, 0.05) is 18.7 Å². The van der Waals surface area contributed by atoms with Crippen LogP contribution in [0, 0.1) is 10.1 Å². The van der Waals surface area contributed by atoms with Gasteiger partial charge in [-0.05, 0) is 12.5 Å². The maximum Gasteiger partial charge on any atom is 0.271 e. The molecule has 0 aromatic heterocycles. The van der Waals surface area contributed by atoms with Gasteiger partial charge >= 0.3 is 0 Å². The first-order chi connectivity index (χ1) is 8.86. The fraction of sp³-hybridized carbons (Fsp3) is 0.455. The number of non-ortho nitro benzene ring substituents is 1. The Kier molecular flexibility index (Phi) is 5.25. The highest BCUT2D eigenvalue weighted by atomic mass is 32.2. The fourth-order valence-electron chi connectivity index (χ4n) is 1.62. The zero-order valence-corrected chi connectivity index (χ0v) is 11.4. The topological polar surface area (TPSA) is 115 Å². The molecule has 8 heteroatoms. The standard InChI is InChI=1S/C11H17N3O4S/c1-2-3-4-7-13-10-8-9(14(15)16)5-6-11(10)19(12,17)18/h5-6,8,13H,2-4,7H2,1H3,(H2,12,17,18). The Morgan fingerprint density at radius 3 is 2.58 bits per heavy atom. The molecule has 0 aliphatic heterocycles. The lowest BCUT2D eigenvalue weighted by atomic mass is 10.2. The Bertz CT molecular complexity index is 557. The van der Waals surface area contributed by atoms with Crippen molar-refractivity contribution in [3.05, 3.63) is 28.3 Å². The van der Waals surface area contributed by atoms with Gasteiger partial charge in [-0.25, -0.2) is 13.6 Å². The van der Waals surface area contributed by atoms with Crippen molar-refractivity contribution in [2.24, 2.45) is 5.14 Å². The largest absolute Gasteiger partial charge is 0.384 e. The minimum absolute atomic E-state index is 0.130. The third-order valence-corrected chi connectivity index (χ3v) is 3.55. The van der Waals surface area contributed by atoms with E-state index in [9.17, 15) is 18.5 Å². The predicted molar refractivity (Wildman–Crippen MR) is 72.5 cm³/mol. The van der Waals surface area contributed by atoms with Crippen LogP contribution in [-0.2, 0) is 10.0 Å². The number of anilines is 1. The molecule has 1 rings (SSSR count). The van der Waals surface area contributed by atoms with E-state index in [0.717, 1.165) is 31.4 Å². The first-order valence-corrected chi connectivity index (χ1v) is 7.46. The van der Waals surface area contributed by atoms with E-state index in [1.165, 1.54) is 6.07 Å². The number of rotatable bonds is 7. The van der Waals surface area contributed by atoms with Crippen molar-refractivity contribution in [1.29, 1.82) is 0 Å². The number of primary sulfonamides is 1. The highest BCUT2D eigenvalue weighted by Gasteiger charge is 2.17. The van der Waals surface area contributed by atoms with E-state index >= 15 is 0 Å². The van der Waals surface area contributed by atoms with Crippen LogP contribution in [0.2, 0.25) is 0 Å². The van der Waals surface area contributed by atoms with Gasteiger partial charge in [0.15, 0.2) is 0 Å². The Hall–Kier alpha value is -1.67.